The standard InChI is InChI=1S/C29H29N3O3/c1-2-35-22-11-12-26-24(16-22)28(33)25(18-31-26)29(34)32-17-20-9-7-19(8-10-20)15-27-23-6-4-3-5-21(23)13-14-30-27/h3-12,16,18,27,30H,2,13-15,17H2,1H3,(H,31,33)(H,32,34). The van der Waals surface area contributed by atoms with E-state index >= 15 is 0 Å². The van der Waals surface area contributed by atoms with Gasteiger partial charge in [-0.3, -0.25) is 9.59 Å². The van der Waals surface area contributed by atoms with Crippen molar-refractivity contribution >= 4 is 16.8 Å². The summed E-state index contributed by atoms with van der Waals surface area (Å²) >= 11 is 0. The predicted molar refractivity (Wildman–Crippen MR) is 138 cm³/mol. The van der Waals surface area contributed by atoms with Gasteiger partial charge in [-0.25, -0.2) is 0 Å². The third-order valence-electron chi connectivity index (χ3n) is 6.54. The van der Waals surface area contributed by atoms with E-state index in [0.717, 1.165) is 24.9 Å². The maximum absolute atomic E-state index is 12.9. The maximum Gasteiger partial charge on any atom is 0.257 e. The van der Waals surface area contributed by atoms with E-state index < -0.39 is 5.91 Å². The second kappa shape index (κ2) is 10.2. The van der Waals surface area contributed by atoms with Crippen LogP contribution in [0.5, 0.6) is 5.75 Å². The van der Waals surface area contributed by atoms with Crippen LogP contribution in [-0.4, -0.2) is 24.0 Å². The highest BCUT2D eigenvalue weighted by Crippen LogP contribution is 2.26. The summed E-state index contributed by atoms with van der Waals surface area (Å²) in [5.41, 5.74) is 5.47. The van der Waals surface area contributed by atoms with Gasteiger partial charge in [-0.1, -0.05) is 48.5 Å². The van der Waals surface area contributed by atoms with Crippen molar-refractivity contribution < 1.29 is 9.53 Å². The summed E-state index contributed by atoms with van der Waals surface area (Å²) in [5, 5.41) is 6.94. The highest BCUT2D eigenvalue weighted by Gasteiger charge is 2.19. The van der Waals surface area contributed by atoms with E-state index in [1.807, 2.05) is 19.1 Å². The molecule has 1 amide bonds. The molecule has 0 saturated carbocycles. The molecule has 2 heterocycles. The Morgan fingerprint density at radius 3 is 2.69 bits per heavy atom. The number of nitrogens with one attached hydrogen (secondary N) is 3. The molecule has 1 unspecified atom stereocenters. The van der Waals surface area contributed by atoms with E-state index in [0.29, 0.717) is 35.8 Å². The third-order valence-corrected chi connectivity index (χ3v) is 6.54. The van der Waals surface area contributed by atoms with Gasteiger partial charge in [0.05, 0.1) is 6.61 Å². The molecule has 6 nitrogen and oxygen atoms in total. The quantitative estimate of drug-likeness (QED) is 0.379. The van der Waals surface area contributed by atoms with Crippen LogP contribution in [-0.2, 0) is 19.4 Å². The van der Waals surface area contributed by atoms with Gasteiger partial charge in [0.2, 0.25) is 5.43 Å². The van der Waals surface area contributed by atoms with Crippen molar-refractivity contribution in [2.75, 3.05) is 13.2 Å². The molecular formula is C29H29N3O3. The second-order valence-electron chi connectivity index (χ2n) is 8.83. The lowest BCUT2D eigenvalue weighted by molar-refractivity contribution is 0.0949. The average molecular weight is 468 g/mol. The molecule has 178 valence electrons. The van der Waals surface area contributed by atoms with Crippen LogP contribution >= 0.6 is 0 Å². The molecule has 0 aliphatic carbocycles. The van der Waals surface area contributed by atoms with Crippen LogP contribution in [0.2, 0.25) is 0 Å². The van der Waals surface area contributed by atoms with Gasteiger partial charge in [0.15, 0.2) is 0 Å². The fourth-order valence-corrected chi connectivity index (χ4v) is 4.70. The Balaban J connectivity index is 1.24. The zero-order valence-electron chi connectivity index (χ0n) is 19.8. The van der Waals surface area contributed by atoms with E-state index in [-0.39, 0.29) is 11.0 Å². The van der Waals surface area contributed by atoms with E-state index in [2.05, 4.69) is 52.0 Å². The molecule has 0 fully saturated rings. The highest BCUT2D eigenvalue weighted by atomic mass is 16.5. The smallest absolute Gasteiger partial charge is 0.257 e. The maximum atomic E-state index is 12.9. The molecule has 3 aromatic carbocycles. The molecule has 0 spiro atoms. The van der Waals surface area contributed by atoms with Crippen LogP contribution in [0.3, 0.4) is 0 Å². The monoisotopic (exact) mass is 467 g/mol. The lowest BCUT2D eigenvalue weighted by Gasteiger charge is -2.27. The number of rotatable bonds is 7. The molecule has 0 radical (unpaired) electrons. The third kappa shape index (κ3) is 4.98. The van der Waals surface area contributed by atoms with Crippen LogP contribution in [0.15, 0.2) is 77.7 Å². The normalized spacial score (nSPS) is 14.9. The Labute approximate surface area is 204 Å². The first-order valence-electron chi connectivity index (χ1n) is 12.1. The Morgan fingerprint density at radius 2 is 1.86 bits per heavy atom. The number of amides is 1. The number of ether oxygens (including phenoxy) is 1. The van der Waals surface area contributed by atoms with Crippen molar-refractivity contribution in [1.29, 1.82) is 0 Å². The van der Waals surface area contributed by atoms with Crippen LogP contribution < -0.4 is 20.8 Å². The summed E-state index contributed by atoms with van der Waals surface area (Å²) in [6.07, 6.45) is 3.46. The van der Waals surface area contributed by atoms with Crippen molar-refractivity contribution in [3.05, 3.63) is 111 Å². The molecule has 1 aliphatic rings. The minimum atomic E-state index is -0.401. The first-order valence-corrected chi connectivity index (χ1v) is 12.1. The van der Waals surface area contributed by atoms with Crippen LogP contribution in [0.1, 0.15) is 45.6 Å². The molecule has 5 rings (SSSR count). The number of hydrogen-bond acceptors (Lipinski definition) is 4. The molecule has 6 heteroatoms. The molecule has 4 aromatic rings. The Bertz CT molecular complexity index is 1410. The summed E-state index contributed by atoms with van der Waals surface area (Å²) < 4.78 is 5.49. The van der Waals surface area contributed by atoms with Gasteiger partial charge >= 0.3 is 0 Å². The minimum absolute atomic E-state index is 0.0878. The van der Waals surface area contributed by atoms with E-state index in [4.69, 9.17) is 4.74 Å². The number of H-pyrrole nitrogens is 1. The topological polar surface area (TPSA) is 83.2 Å². The lowest BCUT2D eigenvalue weighted by atomic mass is 9.90. The number of aromatic amines is 1. The van der Waals surface area contributed by atoms with E-state index in [9.17, 15) is 9.59 Å². The van der Waals surface area contributed by atoms with Crippen molar-refractivity contribution in [2.24, 2.45) is 0 Å². The SMILES string of the molecule is CCOc1ccc2[nH]cc(C(=O)NCc3ccc(CC4NCCc5ccccc54)cc3)c(=O)c2c1. The van der Waals surface area contributed by atoms with Gasteiger partial charge in [-0.05, 0) is 66.8 Å². The molecule has 0 saturated heterocycles. The fourth-order valence-electron chi connectivity index (χ4n) is 4.70. The largest absolute Gasteiger partial charge is 0.494 e. The molecule has 1 atom stereocenters. The first-order chi connectivity index (χ1) is 17.1. The number of hydrogen-bond donors (Lipinski definition) is 3. The molecule has 35 heavy (non-hydrogen) atoms. The average Bonchev–Trinajstić information content (AvgIpc) is 2.89. The Hall–Kier alpha value is -3.90. The van der Waals surface area contributed by atoms with Crippen molar-refractivity contribution in [3.8, 4) is 5.75 Å². The summed E-state index contributed by atoms with van der Waals surface area (Å²) in [6.45, 7) is 3.73. The van der Waals surface area contributed by atoms with Crippen molar-refractivity contribution in [3.63, 3.8) is 0 Å². The molecule has 1 aliphatic heterocycles. The van der Waals surface area contributed by atoms with Crippen LogP contribution in [0.25, 0.3) is 10.9 Å². The molecule has 1 aromatic heterocycles. The van der Waals surface area contributed by atoms with E-state index in [1.54, 1.807) is 18.2 Å². The Kier molecular flexibility index (Phi) is 6.64. The van der Waals surface area contributed by atoms with E-state index in [1.165, 1.54) is 22.9 Å². The molecule has 3 N–H and O–H groups in total. The fraction of sp³-hybridized carbons (Fsp3) is 0.241. The molecular weight excluding hydrogens is 438 g/mol. The van der Waals surface area contributed by atoms with Crippen molar-refractivity contribution in [2.45, 2.75) is 32.4 Å². The second-order valence-corrected chi connectivity index (χ2v) is 8.83. The first kappa shape index (κ1) is 22.9. The lowest BCUT2D eigenvalue weighted by Crippen LogP contribution is -2.31. The number of benzene rings is 3. The van der Waals surface area contributed by atoms with Crippen LogP contribution in [0.4, 0.5) is 0 Å². The van der Waals surface area contributed by atoms with Gasteiger partial charge in [0.25, 0.3) is 5.91 Å². The highest BCUT2D eigenvalue weighted by molar-refractivity contribution is 5.97. The summed E-state index contributed by atoms with van der Waals surface area (Å²) in [7, 11) is 0. The predicted octanol–water partition coefficient (Wildman–Crippen LogP) is 4.29. The van der Waals surface area contributed by atoms with Gasteiger partial charge in [-0.2, -0.15) is 0 Å². The number of pyridine rings is 1. The zero-order chi connectivity index (χ0) is 24.2. The number of fused-ring (bicyclic) bond motifs is 2. The van der Waals surface area contributed by atoms with Gasteiger partial charge in [0, 0.05) is 29.7 Å². The number of carbonyl (C=O) groups is 1. The zero-order valence-corrected chi connectivity index (χ0v) is 19.8. The minimum Gasteiger partial charge on any atom is -0.494 e. The summed E-state index contributed by atoms with van der Waals surface area (Å²) in [6, 6.07) is 22.5. The van der Waals surface area contributed by atoms with Crippen LogP contribution in [0, 0.1) is 0 Å². The Morgan fingerprint density at radius 1 is 1.06 bits per heavy atom. The number of carbonyl (C=O) groups excluding carboxylic acids is 1. The summed E-state index contributed by atoms with van der Waals surface area (Å²) in [4.78, 5) is 28.7. The van der Waals surface area contributed by atoms with Gasteiger partial charge < -0.3 is 20.4 Å². The van der Waals surface area contributed by atoms with Gasteiger partial charge in [0.1, 0.15) is 11.3 Å². The molecule has 0 bridgehead atoms. The summed E-state index contributed by atoms with van der Waals surface area (Å²) in [5.74, 6) is 0.206. The number of aromatic nitrogens is 1. The van der Waals surface area contributed by atoms with Crippen molar-refractivity contribution in [1.82, 2.24) is 15.6 Å². The van der Waals surface area contributed by atoms with Gasteiger partial charge in [-0.15, -0.1) is 0 Å².